The molecular formula is C27H30N4O2. The summed E-state index contributed by atoms with van der Waals surface area (Å²) in [5.41, 5.74) is 3.44. The number of rotatable bonds is 7. The first kappa shape index (κ1) is 22.5. The summed E-state index contributed by atoms with van der Waals surface area (Å²) in [7, 11) is 0. The number of nitrogens with zero attached hydrogens (tertiary/aromatic N) is 3. The Morgan fingerprint density at radius 3 is 2.39 bits per heavy atom. The van der Waals surface area contributed by atoms with Gasteiger partial charge in [0, 0.05) is 31.1 Å². The number of carbonyl (C=O) groups excluding carboxylic acids is 2. The van der Waals surface area contributed by atoms with Gasteiger partial charge in [0.1, 0.15) is 5.82 Å². The molecule has 1 fully saturated rings. The van der Waals surface area contributed by atoms with Crippen molar-refractivity contribution in [2.24, 2.45) is 5.92 Å². The molecule has 1 aromatic heterocycles. The number of carbonyl (C=O) groups is 2. The normalized spacial score (nSPS) is 14.5. The molecule has 1 N–H and O–H groups in total. The van der Waals surface area contributed by atoms with Crippen LogP contribution < -0.4 is 5.32 Å². The summed E-state index contributed by atoms with van der Waals surface area (Å²) in [5.74, 6) is 0.568. The smallest absolute Gasteiger partial charge is 0.246 e. The van der Waals surface area contributed by atoms with Gasteiger partial charge in [-0.3, -0.25) is 9.59 Å². The lowest BCUT2D eigenvalue weighted by molar-refractivity contribution is -0.130. The Morgan fingerprint density at radius 1 is 1.00 bits per heavy atom. The summed E-state index contributed by atoms with van der Waals surface area (Å²) >= 11 is 0. The minimum Gasteiger partial charge on any atom is -0.339 e. The summed E-state index contributed by atoms with van der Waals surface area (Å²) in [6, 6.07) is 20.1. The second kappa shape index (κ2) is 10.8. The number of aromatic nitrogens is 2. The van der Waals surface area contributed by atoms with E-state index in [2.05, 4.69) is 41.6 Å². The number of piperidine rings is 1. The van der Waals surface area contributed by atoms with Gasteiger partial charge in [-0.1, -0.05) is 61.5 Å². The van der Waals surface area contributed by atoms with Crippen molar-refractivity contribution in [1.82, 2.24) is 14.7 Å². The highest BCUT2D eigenvalue weighted by atomic mass is 16.2. The lowest BCUT2D eigenvalue weighted by Gasteiger charge is -2.30. The minimum atomic E-state index is -0.112. The lowest BCUT2D eigenvalue weighted by atomic mass is 9.96. The summed E-state index contributed by atoms with van der Waals surface area (Å²) in [6.45, 7) is 3.91. The third-order valence-electron chi connectivity index (χ3n) is 6.13. The van der Waals surface area contributed by atoms with Gasteiger partial charge in [0.05, 0.1) is 12.7 Å². The number of amides is 2. The number of benzene rings is 2. The fourth-order valence-corrected chi connectivity index (χ4v) is 4.05. The Labute approximate surface area is 194 Å². The average Bonchev–Trinajstić information content (AvgIpc) is 3.30. The van der Waals surface area contributed by atoms with Crippen molar-refractivity contribution in [2.75, 3.05) is 18.4 Å². The molecule has 0 aliphatic carbocycles. The zero-order valence-corrected chi connectivity index (χ0v) is 19.0. The molecule has 170 valence electrons. The Hall–Kier alpha value is -3.67. The van der Waals surface area contributed by atoms with Crippen molar-refractivity contribution < 1.29 is 9.59 Å². The monoisotopic (exact) mass is 442 g/mol. The topological polar surface area (TPSA) is 67.2 Å². The number of nitrogens with one attached hydrogen (secondary N) is 1. The summed E-state index contributed by atoms with van der Waals surface area (Å²) < 4.78 is 1.81. The standard InChI is InChI=1S/C27H30N4O2/c1-2-21-8-10-23(11-9-21)20-31-25(14-17-28-31)29-27(33)24-15-18-30(19-16-24)26(32)13-12-22-6-4-3-5-7-22/h3-14,17,24H,2,15-16,18-20H2,1H3,(H,29,33). The van der Waals surface area contributed by atoms with E-state index in [1.807, 2.05) is 52.1 Å². The predicted octanol–water partition coefficient (Wildman–Crippen LogP) is 4.38. The molecule has 0 bridgehead atoms. The van der Waals surface area contributed by atoms with Gasteiger partial charge in [0.25, 0.3) is 0 Å². The zero-order chi connectivity index (χ0) is 23.0. The molecular weight excluding hydrogens is 412 g/mol. The Bertz CT molecular complexity index is 1090. The molecule has 0 radical (unpaired) electrons. The number of likely N-dealkylation sites (tertiary alicyclic amines) is 1. The van der Waals surface area contributed by atoms with Crippen LogP contribution in [0.4, 0.5) is 5.82 Å². The van der Waals surface area contributed by atoms with Crippen molar-refractivity contribution in [2.45, 2.75) is 32.7 Å². The second-order valence-electron chi connectivity index (χ2n) is 8.38. The van der Waals surface area contributed by atoms with E-state index in [9.17, 15) is 9.59 Å². The number of aryl methyl sites for hydroxylation is 1. The maximum atomic E-state index is 12.9. The van der Waals surface area contributed by atoms with Crippen molar-refractivity contribution in [1.29, 1.82) is 0 Å². The van der Waals surface area contributed by atoms with Crippen LogP contribution >= 0.6 is 0 Å². The molecule has 3 aromatic rings. The van der Waals surface area contributed by atoms with Crippen LogP contribution in [-0.4, -0.2) is 39.6 Å². The maximum absolute atomic E-state index is 12.9. The van der Waals surface area contributed by atoms with Crippen LogP contribution in [0.25, 0.3) is 6.08 Å². The maximum Gasteiger partial charge on any atom is 0.246 e. The van der Waals surface area contributed by atoms with E-state index in [4.69, 9.17) is 0 Å². The molecule has 4 rings (SSSR count). The molecule has 2 aromatic carbocycles. The Balaban J connectivity index is 1.28. The van der Waals surface area contributed by atoms with Gasteiger partial charge >= 0.3 is 0 Å². The molecule has 2 heterocycles. The van der Waals surface area contributed by atoms with E-state index in [1.54, 1.807) is 12.3 Å². The van der Waals surface area contributed by atoms with Crippen LogP contribution in [0.2, 0.25) is 0 Å². The van der Waals surface area contributed by atoms with Crippen LogP contribution in [0, 0.1) is 5.92 Å². The van der Waals surface area contributed by atoms with Crippen LogP contribution in [0.3, 0.4) is 0 Å². The predicted molar refractivity (Wildman–Crippen MR) is 131 cm³/mol. The van der Waals surface area contributed by atoms with E-state index in [-0.39, 0.29) is 17.7 Å². The van der Waals surface area contributed by atoms with E-state index in [1.165, 1.54) is 5.56 Å². The van der Waals surface area contributed by atoms with E-state index in [0.717, 1.165) is 17.5 Å². The second-order valence-corrected chi connectivity index (χ2v) is 8.38. The van der Waals surface area contributed by atoms with Crippen molar-refractivity contribution >= 4 is 23.7 Å². The van der Waals surface area contributed by atoms with Crippen LogP contribution in [0.15, 0.2) is 72.9 Å². The molecule has 0 spiro atoms. The third kappa shape index (κ3) is 5.98. The van der Waals surface area contributed by atoms with Crippen molar-refractivity contribution in [3.05, 3.63) is 89.6 Å². The number of anilines is 1. The molecule has 0 saturated carbocycles. The van der Waals surface area contributed by atoms with E-state index < -0.39 is 0 Å². The zero-order valence-electron chi connectivity index (χ0n) is 19.0. The SMILES string of the molecule is CCc1ccc(Cn2nccc2NC(=O)C2CCN(C(=O)C=Cc3ccccc3)CC2)cc1. The first-order valence-electron chi connectivity index (χ1n) is 11.5. The largest absolute Gasteiger partial charge is 0.339 e. The Morgan fingerprint density at radius 2 is 1.70 bits per heavy atom. The molecule has 1 saturated heterocycles. The van der Waals surface area contributed by atoms with Crippen LogP contribution in [0.1, 0.15) is 36.5 Å². The third-order valence-corrected chi connectivity index (χ3v) is 6.13. The van der Waals surface area contributed by atoms with E-state index >= 15 is 0 Å². The quantitative estimate of drug-likeness (QED) is 0.552. The molecule has 6 nitrogen and oxygen atoms in total. The summed E-state index contributed by atoms with van der Waals surface area (Å²) in [5, 5.41) is 7.41. The van der Waals surface area contributed by atoms with Gasteiger partial charge in [-0.25, -0.2) is 4.68 Å². The molecule has 33 heavy (non-hydrogen) atoms. The molecule has 6 heteroatoms. The highest BCUT2D eigenvalue weighted by Gasteiger charge is 2.27. The fourth-order valence-electron chi connectivity index (χ4n) is 4.05. The number of hydrogen-bond acceptors (Lipinski definition) is 3. The van der Waals surface area contributed by atoms with Crippen molar-refractivity contribution in [3.8, 4) is 0 Å². The molecule has 0 unspecified atom stereocenters. The van der Waals surface area contributed by atoms with Gasteiger partial charge in [-0.05, 0) is 42.0 Å². The molecule has 1 aliphatic heterocycles. The highest BCUT2D eigenvalue weighted by Crippen LogP contribution is 2.20. The van der Waals surface area contributed by atoms with Gasteiger partial charge in [-0.15, -0.1) is 0 Å². The summed E-state index contributed by atoms with van der Waals surface area (Å²) in [4.78, 5) is 27.2. The van der Waals surface area contributed by atoms with Gasteiger partial charge in [0.15, 0.2) is 0 Å². The molecule has 0 atom stereocenters. The van der Waals surface area contributed by atoms with Gasteiger partial charge in [0.2, 0.25) is 11.8 Å². The lowest BCUT2D eigenvalue weighted by Crippen LogP contribution is -2.40. The molecule has 1 aliphatic rings. The van der Waals surface area contributed by atoms with Gasteiger partial charge < -0.3 is 10.2 Å². The van der Waals surface area contributed by atoms with Crippen LogP contribution in [-0.2, 0) is 22.6 Å². The number of hydrogen-bond donors (Lipinski definition) is 1. The fraction of sp³-hybridized carbons (Fsp3) is 0.296. The van der Waals surface area contributed by atoms with Crippen molar-refractivity contribution in [3.63, 3.8) is 0 Å². The van der Waals surface area contributed by atoms with E-state index in [0.29, 0.717) is 38.3 Å². The first-order chi connectivity index (χ1) is 16.1. The molecule has 2 amide bonds. The summed E-state index contributed by atoms with van der Waals surface area (Å²) in [6.07, 6.45) is 7.47. The van der Waals surface area contributed by atoms with Gasteiger partial charge in [-0.2, -0.15) is 5.10 Å². The first-order valence-corrected chi connectivity index (χ1v) is 11.5. The Kier molecular flexibility index (Phi) is 7.35. The average molecular weight is 443 g/mol. The minimum absolute atomic E-state index is 0.00925. The van der Waals surface area contributed by atoms with Crippen LogP contribution in [0.5, 0.6) is 0 Å². The highest BCUT2D eigenvalue weighted by molar-refractivity contribution is 5.93.